The molecule has 0 aliphatic rings. The van der Waals surface area contributed by atoms with Crippen molar-refractivity contribution in [2.24, 2.45) is 0 Å². The van der Waals surface area contributed by atoms with Crippen LogP contribution in [0.3, 0.4) is 0 Å². The Morgan fingerprint density at radius 3 is 0.887 bits per heavy atom. The average molecular weight is 1130 g/mol. The number of rotatable bonds is 70. The molecule has 6 nitrogen and oxygen atoms in total. The second-order valence-electron chi connectivity index (χ2n) is 25.6. The molecule has 0 rings (SSSR count). The molecule has 0 aromatic heterocycles. The smallest absolute Gasteiger partial charge is 0.305 e. The summed E-state index contributed by atoms with van der Waals surface area (Å²) in [6, 6.07) is -0.536. The standard InChI is InChI=1S/C74H145NO5/c1-3-5-7-9-11-13-15-17-42-46-50-54-58-62-66-72(77)71(70-76)75-73(78)67-63-59-55-51-47-43-40-38-36-34-32-30-28-26-24-22-20-19-21-23-25-27-29-31-33-35-37-39-41-45-49-53-57-61-65-69-80-74(79)68-64-60-56-52-48-44-18-16-14-12-10-8-6-4-2/h16,18,71-72,76-77H,3-15,17,19-70H2,1-2H3,(H,75,78)/b18-16-. The number of aliphatic hydroxyl groups excluding tert-OH is 2. The molecule has 0 saturated heterocycles. The van der Waals surface area contributed by atoms with Crippen LogP contribution in [-0.4, -0.2) is 47.4 Å². The molecule has 0 aromatic rings. The fourth-order valence-corrected chi connectivity index (χ4v) is 11.9. The summed E-state index contributed by atoms with van der Waals surface area (Å²) in [5.74, 6) is -0.0116. The SMILES string of the molecule is CCCCCCC/C=C\CCCCCCCC(=O)OCCCCCCCCCCCCCCCCCCCCCCCCCCCCCCCCCCCCCC(=O)NC(CO)C(O)CCCCCCCCCCCCCCCC. The zero-order valence-electron chi connectivity index (χ0n) is 54.6. The highest BCUT2D eigenvalue weighted by molar-refractivity contribution is 5.76. The zero-order valence-corrected chi connectivity index (χ0v) is 54.6. The van der Waals surface area contributed by atoms with E-state index in [1.807, 2.05) is 0 Å². The van der Waals surface area contributed by atoms with Crippen LogP contribution in [0.5, 0.6) is 0 Å². The van der Waals surface area contributed by atoms with Gasteiger partial charge >= 0.3 is 5.97 Å². The fourth-order valence-electron chi connectivity index (χ4n) is 11.9. The van der Waals surface area contributed by atoms with Crippen LogP contribution in [0.1, 0.15) is 425 Å². The average Bonchev–Trinajstić information content (AvgIpc) is 3.46. The van der Waals surface area contributed by atoms with Crippen LogP contribution in [0.25, 0.3) is 0 Å². The van der Waals surface area contributed by atoms with Gasteiger partial charge in [-0.05, 0) is 51.4 Å². The number of aliphatic hydroxyl groups is 2. The Kier molecular flexibility index (Phi) is 68.9. The summed E-state index contributed by atoms with van der Waals surface area (Å²) in [5, 5.41) is 23.3. The summed E-state index contributed by atoms with van der Waals surface area (Å²) in [4.78, 5) is 24.6. The van der Waals surface area contributed by atoms with Crippen LogP contribution in [0.4, 0.5) is 0 Å². The van der Waals surface area contributed by atoms with E-state index in [1.165, 1.54) is 347 Å². The second kappa shape index (κ2) is 70.1. The van der Waals surface area contributed by atoms with Gasteiger partial charge in [-0.1, -0.05) is 373 Å². The van der Waals surface area contributed by atoms with E-state index < -0.39 is 12.1 Å². The molecule has 0 aliphatic carbocycles. The van der Waals surface area contributed by atoms with Gasteiger partial charge in [-0.15, -0.1) is 0 Å². The van der Waals surface area contributed by atoms with Gasteiger partial charge in [-0.2, -0.15) is 0 Å². The maximum absolute atomic E-state index is 12.5. The Morgan fingerprint density at radius 1 is 0.338 bits per heavy atom. The van der Waals surface area contributed by atoms with E-state index in [-0.39, 0.29) is 18.5 Å². The third kappa shape index (κ3) is 65.7. The van der Waals surface area contributed by atoms with E-state index in [4.69, 9.17) is 4.74 Å². The molecule has 3 N–H and O–H groups in total. The Hall–Kier alpha value is -1.40. The van der Waals surface area contributed by atoms with E-state index in [9.17, 15) is 19.8 Å². The number of amides is 1. The van der Waals surface area contributed by atoms with E-state index in [2.05, 4.69) is 31.3 Å². The van der Waals surface area contributed by atoms with Gasteiger partial charge in [0.05, 0.1) is 25.4 Å². The minimum atomic E-state index is -0.659. The largest absolute Gasteiger partial charge is 0.466 e. The number of allylic oxidation sites excluding steroid dienone is 2. The first-order chi connectivity index (χ1) is 39.5. The fraction of sp³-hybridized carbons (Fsp3) is 0.946. The van der Waals surface area contributed by atoms with Gasteiger partial charge in [0.15, 0.2) is 0 Å². The maximum atomic E-state index is 12.5. The van der Waals surface area contributed by atoms with Crippen LogP contribution in [0, 0.1) is 0 Å². The molecule has 0 saturated carbocycles. The minimum Gasteiger partial charge on any atom is -0.466 e. The number of hydrogen-bond donors (Lipinski definition) is 3. The number of ether oxygens (including phenoxy) is 1. The highest BCUT2D eigenvalue weighted by Gasteiger charge is 2.20. The van der Waals surface area contributed by atoms with Crippen molar-refractivity contribution in [3.8, 4) is 0 Å². The Balaban J connectivity index is 3.29. The molecule has 0 bridgehead atoms. The van der Waals surface area contributed by atoms with Crippen molar-refractivity contribution in [1.29, 1.82) is 0 Å². The van der Waals surface area contributed by atoms with Gasteiger partial charge in [0.2, 0.25) is 5.91 Å². The van der Waals surface area contributed by atoms with Crippen molar-refractivity contribution in [2.75, 3.05) is 13.2 Å². The molecule has 0 spiro atoms. The molecule has 0 aliphatic heterocycles. The molecule has 0 fully saturated rings. The van der Waals surface area contributed by atoms with Gasteiger partial charge in [-0.25, -0.2) is 0 Å². The molecule has 1 amide bonds. The second-order valence-corrected chi connectivity index (χ2v) is 25.6. The van der Waals surface area contributed by atoms with Gasteiger partial charge in [0, 0.05) is 12.8 Å². The summed E-state index contributed by atoms with van der Waals surface area (Å²) in [6.45, 7) is 4.98. The molecule has 0 aromatic carbocycles. The van der Waals surface area contributed by atoms with E-state index in [1.54, 1.807) is 0 Å². The summed E-state index contributed by atoms with van der Waals surface area (Å²) in [6.07, 6.45) is 87.2. The predicted octanol–water partition coefficient (Wildman–Crippen LogP) is 23.9. The number of esters is 1. The van der Waals surface area contributed by atoms with Crippen molar-refractivity contribution in [3.05, 3.63) is 12.2 Å². The number of hydrogen-bond acceptors (Lipinski definition) is 5. The van der Waals surface area contributed by atoms with Crippen LogP contribution in [0.15, 0.2) is 12.2 Å². The minimum absolute atomic E-state index is 0.0149. The first kappa shape index (κ1) is 78.6. The highest BCUT2D eigenvalue weighted by Crippen LogP contribution is 2.20. The third-order valence-electron chi connectivity index (χ3n) is 17.6. The zero-order chi connectivity index (χ0) is 57.8. The van der Waals surface area contributed by atoms with E-state index in [0.717, 1.165) is 44.9 Å². The third-order valence-corrected chi connectivity index (χ3v) is 17.6. The van der Waals surface area contributed by atoms with Gasteiger partial charge < -0.3 is 20.3 Å². The molecule has 2 atom stereocenters. The van der Waals surface area contributed by atoms with Gasteiger partial charge in [0.1, 0.15) is 0 Å². The summed E-state index contributed by atoms with van der Waals surface area (Å²) in [7, 11) is 0. The lowest BCUT2D eigenvalue weighted by Gasteiger charge is -2.22. The Labute approximate surface area is 501 Å². The normalized spacial score (nSPS) is 12.5. The molecular formula is C74H145NO5. The number of nitrogens with one attached hydrogen (secondary N) is 1. The number of carbonyl (C=O) groups is 2. The quantitative estimate of drug-likeness (QED) is 0.0320. The molecule has 2 unspecified atom stereocenters. The Morgan fingerprint density at radius 2 is 0.588 bits per heavy atom. The van der Waals surface area contributed by atoms with E-state index in [0.29, 0.717) is 25.9 Å². The van der Waals surface area contributed by atoms with Crippen LogP contribution in [0.2, 0.25) is 0 Å². The van der Waals surface area contributed by atoms with Crippen molar-refractivity contribution < 1.29 is 24.5 Å². The van der Waals surface area contributed by atoms with Crippen LogP contribution < -0.4 is 5.32 Å². The lowest BCUT2D eigenvalue weighted by molar-refractivity contribution is -0.143. The van der Waals surface area contributed by atoms with E-state index >= 15 is 0 Å². The molecule has 0 heterocycles. The highest BCUT2D eigenvalue weighted by atomic mass is 16.5. The van der Waals surface area contributed by atoms with Crippen molar-refractivity contribution >= 4 is 11.9 Å². The van der Waals surface area contributed by atoms with Gasteiger partial charge in [-0.3, -0.25) is 9.59 Å². The van der Waals surface area contributed by atoms with Crippen LogP contribution >= 0.6 is 0 Å². The van der Waals surface area contributed by atoms with Crippen molar-refractivity contribution in [2.45, 2.75) is 437 Å². The lowest BCUT2D eigenvalue weighted by atomic mass is 10.0. The summed E-state index contributed by atoms with van der Waals surface area (Å²) in [5.41, 5.74) is 0. The summed E-state index contributed by atoms with van der Waals surface area (Å²) < 4.78 is 5.49. The maximum Gasteiger partial charge on any atom is 0.305 e. The van der Waals surface area contributed by atoms with Gasteiger partial charge in [0.25, 0.3) is 0 Å². The molecule has 476 valence electrons. The topological polar surface area (TPSA) is 95.9 Å². The molecule has 80 heavy (non-hydrogen) atoms. The lowest BCUT2D eigenvalue weighted by Crippen LogP contribution is -2.45. The summed E-state index contributed by atoms with van der Waals surface area (Å²) >= 11 is 0. The Bertz CT molecular complexity index is 1210. The molecule has 0 radical (unpaired) electrons. The van der Waals surface area contributed by atoms with Crippen molar-refractivity contribution in [1.82, 2.24) is 5.32 Å². The monoisotopic (exact) mass is 1130 g/mol. The molecule has 6 heteroatoms. The predicted molar refractivity (Wildman–Crippen MR) is 352 cm³/mol. The first-order valence-corrected chi connectivity index (χ1v) is 36.9. The van der Waals surface area contributed by atoms with Crippen molar-refractivity contribution in [3.63, 3.8) is 0 Å². The molecular weight excluding hydrogens is 983 g/mol. The van der Waals surface area contributed by atoms with Crippen LogP contribution in [-0.2, 0) is 14.3 Å². The number of unbranched alkanes of at least 4 members (excludes halogenated alkanes) is 57. The first-order valence-electron chi connectivity index (χ1n) is 36.9. The number of carbonyl (C=O) groups excluding carboxylic acids is 2.